The molecule has 25 heavy (non-hydrogen) atoms. The Kier molecular flexibility index (Phi) is 3.78. The molecule has 0 spiro atoms. The second-order valence-electron chi connectivity index (χ2n) is 7.76. The van der Waals surface area contributed by atoms with Gasteiger partial charge in [-0.1, -0.05) is 54.6 Å². The van der Waals surface area contributed by atoms with Gasteiger partial charge in [-0.3, -0.25) is 0 Å². The molecule has 128 valence electrons. The van der Waals surface area contributed by atoms with Crippen molar-refractivity contribution in [1.82, 2.24) is 0 Å². The van der Waals surface area contributed by atoms with E-state index >= 15 is 0 Å². The summed E-state index contributed by atoms with van der Waals surface area (Å²) in [5.41, 5.74) is 5.28. The predicted octanol–water partition coefficient (Wildman–Crippen LogP) is 4.09. The first-order valence-corrected chi connectivity index (χ1v) is 8.87. The highest BCUT2D eigenvalue weighted by Gasteiger charge is 2.51. The SMILES string of the molecule is CC1(C)OB(c2ccc(-c3cccc4c3NCC=C4)cc2)OC1(C)C. The van der Waals surface area contributed by atoms with Crippen LogP contribution in [0.2, 0.25) is 0 Å². The van der Waals surface area contributed by atoms with Crippen LogP contribution in [0.25, 0.3) is 17.2 Å². The van der Waals surface area contributed by atoms with E-state index in [1.54, 1.807) is 0 Å². The van der Waals surface area contributed by atoms with Crippen molar-refractivity contribution in [3.05, 3.63) is 54.1 Å². The zero-order chi connectivity index (χ0) is 17.7. The van der Waals surface area contributed by atoms with Gasteiger partial charge in [-0.25, -0.2) is 0 Å². The Hall–Kier alpha value is -2.04. The fourth-order valence-electron chi connectivity index (χ4n) is 3.29. The van der Waals surface area contributed by atoms with E-state index in [1.165, 1.54) is 22.4 Å². The maximum atomic E-state index is 6.14. The van der Waals surface area contributed by atoms with Crippen LogP contribution < -0.4 is 10.8 Å². The highest BCUT2D eigenvalue weighted by atomic mass is 16.7. The minimum absolute atomic E-state index is 0.314. The molecule has 2 aromatic carbocycles. The van der Waals surface area contributed by atoms with Crippen LogP contribution in [0.1, 0.15) is 33.3 Å². The van der Waals surface area contributed by atoms with E-state index in [9.17, 15) is 0 Å². The van der Waals surface area contributed by atoms with Crippen molar-refractivity contribution in [2.45, 2.75) is 38.9 Å². The van der Waals surface area contributed by atoms with Crippen molar-refractivity contribution < 1.29 is 9.31 Å². The molecule has 2 aliphatic heterocycles. The Morgan fingerprint density at radius 2 is 1.60 bits per heavy atom. The summed E-state index contributed by atoms with van der Waals surface area (Å²) in [7, 11) is -0.315. The minimum Gasteiger partial charge on any atom is -0.399 e. The Labute approximate surface area is 150 Å². The van der Waals surface area contributed by atoms with Crippen LogP contribution in [0.5, 0.6) is 0 Å². The molecule has 0 bridgehead atoms. The van der Waals surface area contributed by atoms with E-state index in [1.807, 2.05) is 0 Å². The minimum atomic E-state index is -0.315. The number of benzene rings is 2. The second kappa shape index (κ2) is 5.75. The van der Waals surface area contributed by atoms with E-state index in [0.29, 0.717) is 0 Å². The van der Waals surface area contributed by atoms with Gasteiger partial charge in [0.25, 0.3) is 0 Å². The molecule has 1 saturated heterocycles. The van der Waals surface area contributed by atoms with Crippen molar-refractivity contribution in [2.75, 3.05) is 11.9 Å². The zero-order valence-electron chi connectivity index (χ0n) is 15.3. The van der Waals surface area contributed by atoms with Crippen LogP contribution in [0.15, 0.2) is 48.5 Å². The molecule has 3 nitrogen and oxygen atoms in total. The summed E-state index contributed by atoms with van der Waals surface area (Å²) in [5, 5.41) is 3.48. The van der Waals surface area contributed by atoms with Gasteiger partial charge in [-0.2, -0.15) is 0 Å². The smallest absolute Gasteiger partial charge is 0.399 e. The monoisotopic (exact) mass is 333 g/mol. The summed E-state index contributed by atoms with van der Waals surface area (Å²) in [5.74, 6) is 0. The summed E-state index contributed by atoms with van der Waals surface area (Å²) in [4.78, 5) is 0. The lowest BCUT2D eigenvalue weighted by Gasteiger charge is -2.32. The van der Waals surface area contributed by atoms with E-state index in [0.717, 1.165) is 12.0 Å². The molecule has 0 unspecified atom stereocenters. The van der Waals surface area contributed by atoms with Crippen molar-refractivity contribution >= 4 is 24.3 Å². The predicted molar refractivity (Wildman–Crippen MR) is 105 cm³/mol. The Morgan fingerprint density at radius 1 is 0.920 bits per heavy atom. The molecule has 2 aliphatic rings. The molecule has 0 amide bonds. The molecule has 0 radical (unpaired) electrons. The number of fused-ring (bicyclic) bond motifs is 1. The second-order valence-corrected chi connectivity index (χ2v) is 7.76. The summed E-state index contributed by atoms with van der Waals surface area (Å²) >= 11 is 0. The largest absolute Gasteiger partial charge is 0.494 e. The first-order chi connectivity index (χ1) is 11.9. The topological polar surface area (TPSA) is 30.5 Å². The molecule has 4 rings (SSSR count). The normalized spacial score (nSPS) is 20.2. The maximum absolute atomic E-state index is 6.14. The number of anilines is 1. The standard InChI is InChI=1S/C21H24BNO2/c1-20(2)21(3,4)25-22(24-20)17-12-10-15(11-13-17)18-9-5-7-16-8-6-14-23-19(16)18/h5-13,23H,14H2,1-4H3. The Morgan fingerprint density at radius 3 is 2.28 bits per heavy atom. The lowest BCUT2D eigenvalue weighted by molar-refractivity contribution is 0.00578. The fraction of sp³-hybridized carbons (Fsp3) is 0.333. The van der Waals surface area contributed by atoms with Gasteiger partial charge in [0.2, 0.25) is 0 Å². The summed E-state index contributed by atoms with van der Waals surface area (Å²) < 4.78 is 12.3. The van der Waals surface area contributed by atoms with E-state index in [4.69, 9.17) is 9.31 Å². The van der Waals surface area contributed by atoms with Crippen LogP contribution in [0.4, 0.5) is 5.69 Å². The van der Waals surface area contributed by atoms with Gasteiger partial charge < -0.3 is 14.6 Å². The lowest BCUT2D eigenvalue weighted by atomic mass is 9.78. The third-order valence-corrected chi connectivity index (χ3v) is 5.54. The highest BCUT2D eigenvalue weighted by molar-refractivity contribution is 6.62. The van der Waals surface area contributed by atoms with Gasteiger partial charge in [0.05, 0.1) is 11.2 Å². The van der Waals surface area contributed by atoms with Gasteiger partial charge in [-0.15, -0.1) is 0 Å². The van der Waals surface area contributed by atoms with Crippen molar-refractivity contribution in [3.63, 3.8) is 0 Å². The van der Waals surface area contributed by atoms with Crippen LogP contribution >= 0.6 is 0 Å². The third-order valence-electron chi connectivity index (χ3n) is 5.54. The van der Waals surface area contributed by atoms with Crippen molar-refractivity contribution in [1.29, 1.82) is 0 Å². The first kappa shape index (κ1) is 16.4. The lowest BCUT2D eigenvalue weighted by Crippen LogP contribution is -2.41. The average molecular weight is 333 g/mol. The molecule has 2 aromatic rings. The molecular weight excluding hydrogens is 309 g/mol. The number of nitrogens with one attached hydrogen (secondary N) is 1. The summed E-state index contributed by atoms with van der Waals surface area (Å²) in [6.45, 7) is 9.19. The quantitative estimate of drug-likeness (QED) is 0.840. The number of hydrogen-bond acceptors (Lipinski definition) is 3. The number of hydrogen-bond donors (Lipinski definition) is 1. The maximum Gasteiger partial charge on any atom is 0.494 e. The molecule has 2 heterocycles. The molecule has 4 heteroatoms. The van der Waals surface area contributed by atoms with Crippen LogP contribution in [0.3, 0.4) is 0 Å². The van der Waals surface area contributed by atoms with Gasteiger partial charge in [0.1, 0.15) is 0 Å². The summed E-state index contributed by atoms with van der Waals surface area (Å²) in [6.07, 6.45) is 4.32. The van der Waals surface area contributed by atoms with Crippen LogP contribution in [-0.4, -0.2) is 24.9 Å². The molecule has 0 atom stereocenters. The molecule has 1 N–H and O–H groups in total. The van der Waals surface area contributed by atoms with Crippen molar-refractivity contribution in [3.8, 4) is 11.1 Å². The number of rotatable bonds is 2. The Bertz CT molecular complexity index is 808. The Balaban J connectivity index is 1.63. The molecule has 0 aromatic heterocycles. The molecule has 0 saturated carbocycles. The van der Waals surface area contributed by atoms with Gasteiger partial charge in [-0.05, 0) is 44.3 Å². The van der Waals surface area contributed by atoms with Crippen molar-refractivity contribution in [2.24, 2.45) is 0 Å². The first-order valence-electron chi connectivity index (χ1n) is 8.87. The third kappa shape index (κ3) is 2.80. The zero-order valence-corrected chi connectivity index (χ0v) is 15.3. The fourth-order valence-corrected chi connectivity index (χ4v) is 3.29. The van der Waals surface area contributed by atoms with E-state index in [-0.39, 0.29) is 18.3 Å². The molecular formula is C21H24BNO2. The van der Waals surface area contributed by atoms with E-state index in [2.05, 4.69) is 87.6 Å². The van der Waals surface area contributed by atoms with Gasteiger partial charge in [0, 0.05) is 17.8 Å². The average Bonchev–Trinajstić information content (AvgIpc) is 2.82. The summed E-state index contributed by atoms with van der Waals surface area (Å²) in [6, 6.07) is 14.9. The highest BCUT2D eigenvalue weighted by Crippen LogP contribution is 2.37. The van der Waals surface area contributed by atoms with Gasteiger partial charge in [0.15, 0.2) is 0 Å². The van der Waals surface area contributed by atoms with Crippen LogP contribution in [0, 0.1) is 0 Å². The molecule has 1 fully saturated rings. The molecule has 0 aliphatic carbocycles. The van der Waals surface area contributed by atoms with Crippen LogP contribution in [-0.2, 0) is 9.31 Å². The van der Waals surface area contributed by atoms with Gasteiger partial charge >= 0.3 is 7.12 Å². The number of para-hydroxylation sites is 1. The van der Waals surface area contributed by atoms with E-state index < -0.39 is 0 Å².